The van der Waals surface area contributed by atoms with E-state index in [1.54, 1.807) is 6.07 Å². The molecule has 0 atom stereocenters. The van der Waals surface area contributed by atoms with E-state index in [0.29, 0.717) is 12.0 Å². The van der Waals surface area contributed by atoms with Crippen molar-refractivity contribution in [2.75, 3.05) is 0 Å². The molecule has 2 rings (SSSR count). The maximum absolute atomic E-state index is 11.8. The van der Waals surface area contributed by atoms with Gasteiger partial charge in [0.2, 0.25) is 0 Å². The number of fused-ring (bicyclic) bond motifs is 1. The van der Waals surface area contributed by atoms with Crippen molar-refractivity contribution in [1.29, 1.82) is 0 Å². The van der Waals surface area contributed by atoms with Crippen molar-refractivity contribution < 1.29 is 9.59 Å². The van der Waals surface area contributed by atoms with E-state index in [9.17, 15) is 9.59 Å². The maximum atomic E-state index is 11.8. The van der Waals surface area contributed by atoms with Gasteiger partial charge in [0, 0.05) is 35.0 Å². The van der Waals surface area contributed by atoms with Crippen molar-refractivity contribution in [3.63, 3.8) is 0 Å². The van der Waals surface area contributed by atoms with Gasteiger partial charge in [-0.25, -0.2) is 0 Å². The summed E-state index contributed by atoms with van der Waals surface area (Å²) in [7, 11) is 0. The first-order chi connectivity index (χ1) is 8.11. The second-order valence-corrected chi connectivity index (χ2v) is 4.54. The van der Waals surface area contributed by atoms with E-state index in [0.717, 1.165) is 22.8 Å². The summed E-state index contributed by atoms with van der Waals surface area (Å²) in [5.74, 6) is 0.198. The normalized spacial score (nSPS) is 11.0. The lowest BCUT2D eigenvalue weighted by Gasteiger charge is -2.06. The summed E-state index contributed by atoms with van der Waals surface area (Å²) in [5.41, 5.74) is 2.46. The number of H-pyrrole nitrogens is 1. The Hall–Kier alpha value is -1.90. The summed E-state index contributed by atoms with van der Waals surface area (Å²) in [5, 5.41) is 0.973. The Morgan fingerprint density at radius 1 is 1.41 bits per heavy atom. The molecule has 0 radical (unpaired) electrons. The number of rotatable bonds is 4. The standard InChI is InChI=1S/C14H15NO2/c1-9(2)13(17)7-12-6-10(8-16)5-11-3-4-15-14(11)12/h3-6,8-9,15H,7H2,1-2H3. The van der Waals surface area contributed by atoms with Gasteiger partial charge in [0.15, 0.2) is 0 Å². The Labute approximate surface area is 99.8 Å². The molecule has 0 unspecified atom stereocenters. The van der Waals surface area contributed by atoms with E-state index in [1.807, 2.05) is 32.2 Å². The highest BCUT2D eigenvalue weighted by Crippen LogP contribution is 2.20. The lowest BCUT2D eigenvalue weighted by atomic mass is 9.98. The van der Waals surface area contributed by atoms with Gasteiger partial charge in [-0.2, -0.15) is 0 Å². The van der Waals surface area contributed by atoms with Crippen LogP contribution in [0.2, 0.25) is 0 Å². The van der Waals surface area contributed by atoms with Gasteiger partial charge < -0.3 is 4.98 Å². The molecule has 0 saturated heterocycles. The Kier molecular flexibility index (Phi) is 3.09. The second-order valence-electron chi connectivity index (χ2n) is 4.54. The number of carbonyl (C=O) groups excluding carboxylic acids is 2. The molecule has 1 N–H and O–H groups in total. The first-order valence-corrected chi connectivity index (χ1v) is 5.69. The molecule has 3 heteroatoms. The lowest BCUT2D eigenvalue weighted by molar-refractivity contribution is -0.121. The Bertz CT molecular complexity index is 567. The number of ketones is 1. The zero-order valence-corrected chi connectivity index (χ0v) is 9.99. The van der Waals surface area contributed by atoms with Crippen LogP contribution in [0.25, 0.3) is 10.9 Å². The highest BCUT2D eigenvalue weighted by molar-refractivity contribution is 5.93. The largest absolute Gasteiger partial charge is 0.361 e. The molecule has 0 amide bonds. The summed E-state index contributed by atoms with van der Waals surface area (Å²) in [6.45, 7) is 3.77. The molecule has 0 spiro atoms. The molecule has 1 aromatic heterocycles. The minimum absolute atomic E-state index is 0.0138. The van der Waals surface area contributed by atoms with Gasteiger partial charge in [0.25, 0.3) is 0 Å². The molecule has 0 bridgehead atoms. The van der Waals surface area contributed by atoms with Crippen LogP contribution in [-0.2, 0) is 11.2 Å². The molecule has 88 valence electrons. The van der Waals surface area contributed by atoms with Crippen LogP contribution in [0.5, 0.6) is 0 Å². The van der Waals surface area contributed by atoms with E-state index >= 15 is 0 Å². The third-order valence-corrected chi connectivity index (χ3v) is 2.91. The molecular formula is C14H15NO2. The number of aromatic nitrogens is 1. The smallest absolute Gasteiger partial charge is 0.150 e. The first-order valence-electron chi connectivity index (χ1n) is 5.69. The monoisotopic (exact) mass is 229 g/mol. The summed E-state index contributed by atoms with van der Waals surface area (Å²) >= 11 is 0. The number of nitrogens with one attached hydrogen (secondary N) is 1. The molecule has 17 heavy (non-hydrogen) atoms. The second kappa shape index (κ2) is 4.53. The Morgan fingerprint density at radius 3 is 2.82 bits per heavy atom. The molecule has 0 aliphatic heterocycles. The van der Waals surface area contributed by atoms with Crippen LogP contribution in [0.1, 0.15) is 29.8 Å². The van der Waals surface area contributed by atoms with E-state index in [1.165, 1.54) is 0 Å². The molecule has 3 nitrogen and oxygen atoms in total. The Morgan fingerprint density at radius 2 is 2.18 bits per heavy atom. The van der Waals surface area contributed by atoms with Gasteiger partial charge >= 0.3 is 0 Å². The predicted molar refractivity (Wildman–Crippen MR) is 67.2 cm³/mol. The molecule has 0 aliphatic rings. The van der Waals surface area contributed by atoms with Crippen LogP contribution < -0.4 is 0 Å². The van der Waals surface area contributed by atoms with Crippen molar-refractivity contribution in [3.05, 3.63) is 35.5 Å². The fourth-order valence-electron chi connectivity index (χ4n) is 1.87. The van der Waals surface area contributed by atoms with Gasteiger partial charge in [-0.3, -0.25) is 9.59 Å². The van der Waals surface area contributed by atoms with Crippen molar-refractivity contribution in [2.45, 2.75) is 20.3 Å². The third-order valence-electron chi connectivity index (χ3n) is 2.91. The minimum atomic E-state index is 0.0138. The van der Waals surface area contributed by atoms with Gasteiger partial charge in [-0.1, -0.05) is 13.8 Å². The maximum Gasteiger partial charge on any atom is 0.150 e. The highest BCUT2D eigenvalue weighted by atomic mass is 16.1. The van der Waals surface area contributed by atoms with Crippen molar-refractivity contribution in [1.82, 2.24) is 4.98 Å². The molecule has 1 heterocycles. The Balaban J connectivity index is 2.47. The summed E-state index contributed by atoms with van der Waals surface area (Å²) < 4.78 is 0. The van der Waals surface area contributed by atoms with E-state index in [4.69, 9.17) is 0 Å². The number of aromatic amines is 1. The number of benzene rings is 1. The zero-order chi connectivity index (χ0) is 12.4. The molecule has 1 aromatic carbocycles. The van der Waals surface area contributed by atoms with Crippen LogP contribution >= 0.6 is 0 Å². The average Bonchev–Trinajstić information content (AvgIpc) is 2.76. The van der Waals surface area contributed by atoms with E-state index < -0.39 is 0 Å². The predicted octanol–water partition coefficient (Wildman–Crippen LogP) is 2.75. The number of hydrogen-bond acceptors (Lipinski definition) is 2. The highest BCUT2D eigenvalue weighted by Gasteiger charge is 2.12. The molecule has 0 fully saturated rings. The van der Waals surface area contributed by atoms with Crippen LogP contribution in [0.3, 0.4) is 0 Å². The molecule has 0 saturated carbocycles. The van der Waals surface area contributed by atoms with Crippen molar-refractivity contribution in [2.24, 2.45) is 5.92 Å². The van der Waals surface area contributed by atoms with E-state index in [-0.39, 0.29) is 11.7 Å². The fourth-order valence-corrected chi connectivity index (χ4v) is 1.87. The number of aldehydes is 1. The van der Waals surface area contributed by atoms with Crippen LogP contribution in [0.4, 0.5) is 0 Å². The third kappa shape index (κ3) is 2.28. The fraction of sp³-hybridized carbons (Fsp3) is 0.286. The van der Waals surface area contributed by atoms with Gasteiger partial charge in [0.1, 0.15) is 12.1 Å². The summed E-state index contributed by atoms with van der Waals surface area (Å²) in [6.07, 6.45) is 3.01. The van der Waals surface area contributed by atoms with Crippen LogP contribution in [0, 0.1) is 5.92 Å². The number of hydrogen-bond donors (Lipinski definition) is 1. The SMILES string of the molecule is CC(C)C(=O)Cc1cc(C=O)cc2cc[nH]c12. The minimum Gasteiger partial charge on any atom is -0.361 e. The van der Waals surface area contributed by atoms with Gasteiger partial charge in [0.05, 0.1) is 0 Å². The topological polar surface area (TPSA) is 49.9 Å². The molecule has 2 aromatic rings. The quantitative estimate of drug-likeness (QED) is 0.819. The van der Waals surface area contributed by atoms with Gasteiger partial charge in [-0.05, 0) is 23.8 Å². The summed E-state index contributed by atoms with van der Waals surface area (Å²) in [6, 6.07) is 5.51. The van der Waals surface area contributed by atoms with Crippen molar-refractivity contribution >= 4 is 23.0 Å². The number of Topliss-reactive ketones (excluding diaryl/α,β-unsaturated/α-hetero) is 1. The first kappa shape index (κ1) is 11.6. The molecule has 0 aliphatic carbocycles. The van der Waals surface area contributed by atoms with Crippen LogP contribution in [0.15, 0.2) is 24.4 Å². The van der Waals surface area contributed by atoms with Crippen molar-refractivity contribution in [3.8, 4) is 0 Å². The van der Waals surface area contributed by atoms with E-state index in [2.05, 4.69) is 4.98 Å². The van der Waals surface area contributed by atoms with Crippen LogP contribution in [-0.4, -0.2) is 17.1 Å². The zero-order valence-electron chi connectivity index (χ0n) is 9.99. The van der Waals surface area contributed by atoms with Gasteiger partial charge in [-0.15, -0.1) is 0 Å². The average molecular weight is 229 g/mol. The summed E-state index contributed by atoms with van der Waals surface area (Å²) in [4.78, 5) is 25.7. The number of carbonyl (C=O) groups is 2. The molecular weight excluding hydrogens is 214 g/mol. The lowest BCUT2D eigenvalue weighted by Crippen LogP contribution is -2.10.